The van der Waals surface area contributed by atoms with Gasteiger partial charge in [0.2, 0.25) is 5.91 Å². The van der Waals surface area contributed by atoms with Gasteiger partial charge in [-0.15, -0.1) is 0 Å². The van der Waals surface area contributed by atoms with Gasteiger partial charge in [-0.25, -0.2) is 0 Å². The quantitative estimate of drug-likeness (QED) is 0.878. The van der Waals surface area contributed by atoms with E-state index in [4.69, 9.17) is 4.74 Å². The third-order valence-corrected chi connectivity index (χ3v) is 4.54. The summed E-state index contributed by atoms with van der Waals surface area (Å²) in [6.07, 6.45) is 3.42. The minimum atomic E-state index is -0.196. The van der Waals surface area contributed by atoms with E-state index in [-0.39, 0.29) is 29.9 Å². The number of rotatable bonds is 4. The minimum absolute atomic E-state index is 0.0107. The summed E-state index contributed by atoms with van der Waals surface area (Å²) in [6.45, 7) is 6.52. The molecule has 3 rings (SSSR count). The lowest BCUT2D eigenvalue weighted by molar-refractivity contribution is -0.124. The van der Waals surface area contributed by atoms with E-state index in [1.54, 1.807) is 13.1 Å². The van der Waals surface area contributed by atoms with Gasteiger partial charge in [-0.3, -0.25) is 9.59 Å². The van der Waals surface area contributed by atoms with Crippen molar-refractivity contribution in [3.05, 3.63) is 36.0 Å². The summed E-state index contributed by atoms with van der Waals surface area (Å²) < 4.78 is 7.54. The van der Waals surface area contributed by atoms with E-state index >= 15 is 0 Å². The predicted molar refractivity (Wildman–Crippen MR) is 93.1 cm³/mol. The van der Waals surface area contributed by atoms with Crippen LogP contribution >= 0.6 is 0 Å². The Bertz CT molecular complexity index is 776. The molecule has 1 aliphatic heterocycles. The van der Waals surface area contributed by atoms with Gasteiger partial charge in [0.15, 0.2) is 5.78 Å². The Morgan fingerprint density at radius 2 is 2.08 bits per heavy atom. The molecule has 128 valence electrons. The van der Waals surface area contributed by atoms with Crippen LogP contribution in [0.15, 0.2) is 30.5 Å². The smallest absolute Gasteiger partial charge is 0.240 e. The molecule has 5 heteroatoms. The van der Waals surface area contributed by atoms with Crippen molar-refractivity contribution in [2.75, 3.05) is 6.61 Å². The number of ether oxygens (including phenoxy) is 1. The van der Waals surface area contributed by atoms with Crippen molar-refractivity contribution >= 4 is 22.6 Å². The molecule has 1 N–H and O–H groups in total. The predicted octanol–water partition coefficient (Wildman–Crippen LogP) is 2.92. The van der Waals surface area contributed by atoms with Crippen molar-refractivity contribution in [3.8, 4) is 0 Å². The number of ketones is 1. The van der Waals surface area contributed by atoms with E-state index < -0.39 is 0 Å². The average Bonchev–Trinajstić information content (AvgIpc) is 2.85. The summed E-state index contributed by atoms with van der Waals surface area (Å²) in [7, 11) is 0. The number of para-hydroxylation sites is 1. The molecule has 0 saturated carbocycles. The Kier molecular flexibility index (Phi) is 4.45. The van der Waals surface area contributed by atoms with E-state index in [9.17, 15) is 9.59 Å². The summed E-state index contributed by atoms with van der Waals surface area (Å²) in [6, 6.07) is 7.81. The van der Waals surface area contributed by atoms with Gasteiger partial charge >= 0.3 is 0 Å². The zero-order valence-corrected chi connectivity index (χ0v) is 14.5. The molecule has 0 bridgehead atoms. The molecule has 0 aliphatic carbocycles. The first-order valence-electron chi connectivity index (χ1n) is 8.38. The monoisotopic (exact) mass is 328 g/mol. The van der Waals surface area contributed by atoms with Crippen LogP contribution in [0.2, 0.25) is 0 Å². The molecule has 1 aliphatic rings. The number of amides is 1. The maximum atomic E-state index is 12.5. The van der Waals surface area contributed by atoms with E-state index in [0.29, 0.717) is 12.2 Å². The van der Waals surface area contributed by atoms with Gasteiger partial charge in [0.1, 0.15) is 6.54 Å². The Hall–Kier alpha value is -2.14. The Morgan fingerprint density at radius 1 is 1.33 bits per heavy atom. The van der Waals surface area contributed by atoms with Crippen LogP contribution in [0.4, 0.5) is 0 Å². The molecule has 2 heterocycles. The Balaban J connectivity index is 1.75. The van der Waals surface area contributed by atoms with Gasteiger partial charge in [0, 0.05) is 35.3 Å². The van der Waals surface area contributed by atoms with Crippen molar-refractivity contribution in [1.29, 1.82) is 0 Å². The zero-order chi connectivity index (χ0) is 17.3. The number of nitrogens with one attached hydrogen (secondary N) is 1. The third kappa shape index (κ3) is 3.51. The number of hydrogen-bond acceptors (Lipinski definition) is 3. The first kappa shape index (κ1) is 16.7. The SMILES string of the molecule is CC(=O)c1cn(CC(=O)N[C@H]2CCOC(C)(C)C2)c2ccccc12. The van der Waals surface area contributed by atoms with Crippen molar-refractivity contribution in [3.63, 3.8) is 0 Å². The lowest BCUT2D eigenvalue weighted by atomic mass is 9.94. The van der Waals surface area contributed by atoms with Crippen molar-refractivity contribution in [1.82, 2.24) is 9.88 Å². The number of carbonyl (C=O) groups excluding carboxylic acids is 2. The number of fused-ring (bicyclic) bond motifs is 1. The molecule has 0 spiro atoms. The van der Waals surface area contributed by atoms with Gasteiger partial charge in [0.25, 0.3) is 0 Å². The fourth-order valence-corrected chi connectivity index (χ4v) is 3.44. The van der Waals surface area contributed by atoms with Crippen LogP contribution in [-0.2, 0) is 16.1 Å². The highest BCUT2D eigenvalue weighted by Crippen LogP contribution is 2.24. The third-order valence-electron chi connectivity index (χ3n) is 4.54. The summed E-state index contributed by atoms with van der Waals surface area (Å²) >= 11 is 0. The van der Waals surface area contributed by atoms with Crippen molar-refractivity contribution < 1.29 is 14.3 Å². The lowest BCUT2D eigenvalue weighted by Crippen LogP contribution is -2.46. The van der Waals surface area contributed by atoms with Gasteiger partial charge in [0.05, 0.1) is 5.60 Å². The second-order valence-electron chi connectivity index (χ2n) is 7.11. The minimum Gasteiger partial charge on any atom is -0.375 e. The van der Waals surface area contributed by atoms with Crippen LogP contribution in [0.25, 0.3) is 10.9 Å². The van der Waals surface area contributed by atoms with Crippen molar-refractivity contribution in [2.24, 2.45) is 0 Å². The van der Waals surface area contributed by atoms with Crippen LogP contribution in [-0.4, -0.2) is 34.5 Å². The first-order valence-corrected chi connectivity index (χ1v) is 8.38. The van der Waals surface area contributed by atoms with E-state index in [0.717, 1.165) is 23.7 Å². The number of Topliss-reactive ketones (excluding diaryl/α,β-unsaturated/α-hetero) is 1. The summed E-state index contributed by atoms with van der Waals surface area (Å²) in [4.78, 5) is 24.3. The van der Waals surface area contributed by atoms with E-state index in [2.05, 4.69) is 5.32 Å². The second kappa shape index (κ2) is 6.40. The molecule has 24 heavy (non-hydrogen) atoms. The van der Waals surface area contributed by atoms with Crippen LogP contribution in [0, 0.1) is 0 Å². The summed E-state index contributed by atoms with van der Waals surface area (Å²) in [5, 5.41) is 3.99. The summed E-state index contributed by atoms with van der Waals surface area (Å²) in [5.74, 6) is -0.0231. The number of benzene rings is 1. The molecule has 0 radical (unpaired) electrons. The van der Waals surface area contributed by atoms with Crippen LogP contribution in [0.3, 0.4) is 0 Å². The molecule has 1 aromatic heterocycles. The molecular weight excluding hydrogens is 304 g/mol. The van der Waals surface area contributed by atoms with Crippen LogP contribution < -0.4 is 5.32 Å². The van der Waals surface area contributed by atoms with Crippen LogP contribution in [0.1, 0.15) is 44.0 Å². The maximum Gasteiger partial charge on any atom is 0.240 e. The van der Waals surface area contributed by atoms with E-state index in [1.165, 1.54) is 0 Å². The molecule has 0 unspecified atom stereocenters. The molecule has 2 aromatic rings. The highest BCUT2D eigenvalue weighted by atomic mass is 16.5. The van der Waals surface area contributed by atoms with Gasteiger partial charge in [-0.2, -0.15) is 0 Å². The standard InChI is InChI=1S/C19H24N2O3/c1-13(22)16-11-21(17-7-5-4-6-15(16)17)12-18(23)20-14-8-9-24-19(2,3)10-14/h4-7,11,14H,8-10,12H2,1-3H3,(H,20,23)/t14-/m0/s1. The number of hydrogen-bond donors (Lipinski definition) is 1. The van der Waals surface area contributed by atoms with E-state index in [1.807, 2.05) is 42.7 Å². The van der Waals surface area contributed by atoms with Crippen LogP contribution in [0.5, 0.6) is 0 Å². The zero-order valence-electron chi connectivity index (χ0n) is 14.5. The topological polar surface area (TPSA) is 60.3 Å². The Labute approximate surface area is 142 Å². The molecule has 1 amide bonds. The molecular formula is C19H24N2O3. The molecule has 1 fully saturated rings. The second-order valence-corrected chi connectivity index (χ2v) is 7.11. The Morgan fingerprint density at radius 3 is 2.79 bits per heavy atom. The van der Waals surface area contributed by atoms with Gasteiger partial charge in [-0.05, 0) is 39.7 Å². The summed E-state index contributed by atoms with van der Waals surface area (Å²) in [5.41, 5.74) is 1.37. The fraction of sp³-hybridized carbons (Fsp3) is 0.474. The molecule has 1 saturated heterocycles. The van der Waals surface area contributed by atoms with Crippen molar-refractivity contribution in [2.45, 2.75) is 51.8 Å². The molecule has 5 nitrogen and oxygen atoms in total. The lowest BCUT2D eigenvalue weighted by Gasteiger charge is -2.35. The van der Waals surface area contributed by atoms with Gasteiger partial charge in [-0.1, -0.05) is 18.2 Å². The largest absolute Gasteiger partial charge is 0.375 e. The fourth-order valence-electron chi connectivity index (χ4n) is 3.44. The molecule has 1 aromatic carbocycles. The average molecular weight is 328 g/mol. The highest BCUT2D eigenvalue weighted by Gasteiger charge is 2.29. The first-order chi connectivity index (χ1) is 11.4. The maximum absolute atomic E-state index is 12.5. The normalized spacial score (nSPS) is 20.0. The molecule has 1 atom stereocenters. The van der Waals surface area contributed by atoms with Gasteiger partial charge < -0.3 is 14.6 Å². The number of aromatic nitrogens is 1. The highest BCUT2D eigenvalue weighted by molar-refractivity contribution is 6.07. The number of carbonyl (C=O) groups is 2. The number of nitrogens with zero attached hydrogens (tertiary/aromatic N) is 1.